The van der Waals surface area contributed by atoms with Gasteiger partial charge in [-0.15, -0.1) is 11.4 Å². The molecule has 0 spiro atoms. The van der Waals surface area contributed by atoms with E-state index in [2.05, 4.69) is 223 Å². The summed E-state index contributed by atoms with van der Waals surface area (Å²) in [6.07, 6.45) is 4.23. The Morgan fingerprint density at radius 3 is 0.689 bits per heavy atom. The minimum absolute atomic E-state index is 0. The second-order valence-corrected chi connectivity index (χ2v) is 24.0. The minimum Gasteiger partial charge on any atom is -0.661 e. The van der Waals surface area contributed by atoms with E-state index in [0.717, 1.165) is 45.6 Å². The largest absolute Gasteiger partial charge is 0.661 e. The van der Waals surface area contributed by atoms with Gasteiger partial charge in [0.2, 0.25) is 0 Å². The second-order valence-electron chi connectivity index (χ2n) is 24.0. The molecule has 0 unspecified atom stereocenters. The number of allylic oxidation sites excluding steroid dienone is 4. The van der Waals surface area contributed by atoms with Crippen LogP contribution >= 0.6 is 0 Å². The van der Waals surface area contributed by atoms with Crippen LogP contribution in [0.2, 0.25) is 0 Å². The molecule has 8 heteroatoms. The summed E-state index contributed by atoms with van der Waals surface area (Å²) < 4.78 is 0. The number of aliphatic imine (C=N–C) groups is 2. The Morgan fingerprint density at radius 2 is 0.527 bits per heavy atom. The molecule has 0 saturated heterocycles. The van der Waals surface area contributed by atoms with Crippen LogP contribution in [0.15, 0.2) is 106 Å². The van der Waals surface area contributed by atoms with E-state index in [0.29, 0.717) is 47.3 Å². The molecule has 6 nitrogen and oxygen atoms in total. The summed E-state index contributed by atoms with van der Waals surface area (Å²) in [5, 5.41) is 27.2. The van der Waals surface area contributed by atoms with Crippen LogP contribution in [0.5, 0.6) is 0 Å². The van der Waals surface area contributed by atoms with Gasteiger partial charge >= 0.3 is 0 Å². The van der Waals surface area contributed by atoms with Crippen molar-refractivity contribution in [2.75, 3.05) is 0 Å². The van der Waals surface area contributed by atoms with Crippen molar-refractivity contribution in [1.29, 1.82) is 0 Å². The molecule has 2 N–H and O–H groups in total. The van der Waals surface area contributed by atoms with Crippen LogP contribution in [-0.2, 0) is 34.1 Å². The first-order valence-electron chi connectivity index (χ1n) is 26.9. The van der Waals surface area contributed by atoms with Gasteiger partial charge in [0.15, 0.2) is 0 Å². The third-order valence-electron chi connectivity index (χ3n) is 11.4. The zero-order chi connectivity index (χ0) is 55.6. The fourth-order valence-corrected chi connectivity index (χ4v) is 8.00. The number of para-hydroxylation sites is 4. The van der Waals surface area contributed by atoms with E-state index in [9.17, 15) is 0 Å². The topological polar surface area (TPSA) is 93.4 Å². The Kier molecular flexibility index (Phi) is 32.7. The summed E-state index contributed by atoms with van der Waals surface area (Å²) in [5.41, 5.74) is 17.9. The van der Waals surface area contributed by atoms with Gasteiger partial charge in [0.1, 0.15) is 0 Å². The molecule has 2 radical (unpaired) electrons. The van der Waals surface area contributed by atoms with Gasteiger partial charge in [0, 0.05) is 45.6 Å². The summed E-state index contributed by atoms with van der Waals surface area (Å²) in [4.78, 5) is 10.2. The Labute approximate surface area is 475 Å². The molecule has 0 atom stereocenters. The van der Waals surface area contributed by atoms with Gasteiger partial charge in [-0.2, -0.15) is 11.4 Å². The summed E-state index contributed by atoms with van der Waals surface area (Å²) in [7, 11) is 0. The van der Waals surface area contributed by atoms with Crippen LogP contribution < -0.4 is 0 Å². The number of benzene rings is 4. The third kappa shape index (κ3) is 26.3. The molecule has 4 rings (SSSR count). The summed E-state index contributed by atoms with van der Waals surface area (Å²) >= 11 is 0. The average molecular weight is 1090 g/mol. The van der Waals surface area contributed by atoms with Gasteiger partial charge in [0.05, 0.1) is 22.6 Å². The first-order chi connectivity index (χ1) is 33.0. The maximum atomic E-state index is 8.52. The Bertz CT molecular complexity index is 2130. The van der Waals surface area contributed by atoms with Crippen molar-refractivity contribution in [1.82, 2.24) is 0 Å². The van der Waals surface area contributed by atoms with Crippen LogP contribution in [0.25, 0.3) is 10.6 Å². The molecule has 0 aromatic heterocycles. The van der Waals surface area contributed by atoms with E-state index in [4.69, 9.17) is 30.8 Å². The van der Waals surface area contributed by atoms with Crippen molar-refractivity contribution >= 4 is 34.2 Å². The van der Waals surface area contributed by atoms with Crippen LogP contribution in [0, 0.1) is 0 Å². The number of hydrogen-bond acceptors (Lipinski definition) is 4. The number of aliphatic hydroxyl groups is 2. The predicted molar refractivity (Wildman–Crippen MR) is 322 cm³/mol. The predicted octanol–water partition coefficient (Wildman–Crippen LogP) is 21.3. The van der Waals surface area contributed by atoms with Gasteiger partial charge in [-0.3, -0.25) is 9.98 Å². The number of rotatable bonds is 16. The summed E-state index contributed by atoms with van der Waals surface area (Å²) in [6.45, 7) is 54.6. The first kappa shape index (κ1) is 72.3. The SMILES string of the molecule is CC(/C=C(/C)[N-]c1c(C(C)C)cccc1C(C)C)=Nc1c(C(C)C)cccc1C(C)C.CC(/C=C(/C)[N-]c1c(C(C)C)cccc1C(C)C)=Nc1c(C(C)C)cccc1C(C)C.CC(C)(C)O.CC(C)(C)O.[Mn].[Mn]. The van der Waals surface area contributed by atoms with Crippen molar-refractivity contribution in [2.24, 2.45) is 9.98 Å². The van der Waals surface area contributed by atoms with Gasteiger partial charge in [-0.05, 0) is 125 Å². The Balaban J connectivity index is 0. The van der Waals surface area contributed by atoms with E-state index in [-0.39, 0.29) is 34.1 Å². The molecule has 414 valence electrons. The van der Waals surface area contributed by atoms with E-state index in [1.165, 1.54) is 44.5 Å². The van der Waals surface area contributed by atoms with Crippen molar-refractivity contribution in [3.63, 3.8) is 0 Å². The van der Waals surface area contributed by atoms with Gasteiger partial charge in [0.25, 0.3) is 0 Å². The molecule has 0 amide bonds. The summed E-state index contributed by atoms with van der Waals surface area (Å²) in [6, 6.07) is 26.3. The molecule has 4 aromatic carbocycles. The van der Waals surface area contributed by atoms with Crippen LogP contribution in [0.3, 0.4) is 0 Å². The standard InChI is InChI=1S/2C29H41N2.2C4H10O.2Mn/c2*1-18(2)24-13-11-14-25(19(3)4)28(24)30-22(9)17-23(10)31-29-26(20(5)6)15-12-16-27(29)21(7)8;2*1-4(2,3)5;;/h2*11-21H,1-10H3;2*5H,1-3H3;;/q2*-1;;;;/b2*22-17-,31-23?;;;;. The fraction of sp³-hybridized carbons (Fsp3) is 0.545. The van der Waals surface area contributed by atoms with E-state index >= 15 is 0 Å². The zero-order valence-corrected chi connectivity index (χ0v) is 53.5. The molecule has 0 aliphatic carbocycles. The first-order valence-corrected chi connectivity index (χ1v) is 26.9. The van der Waals surface area contributed by atoms with Crippen LogP contribution in [0.4, 0.5) is 22.7 Å². The second kappa shape index (κ2) is 33.4. The zero-order valence-electron chi connectivity index (χ0n) is 51.1. The average Bonchev–Trinajstić information content (AvgIpc) is 3.22. The van der Waals surface area contributed by atoms with E-state index in [1.807, 2.05) is 0 Å². The quantitative estimate of drug-likeness (QED) is 0.0864. The van der Waals surface area contributed by atoms with Crippen LogP contribution in [0.1, 0.15) is 272 Å². The fourth-order valence-electron chi connectivity index (χ4n) is 8.00. The summed E-state index contributed by atoms with van der Waals surface area (Å²) in [5.74, 6) is 3.49. The van der Waals surface area contributed by atoms with Gasteiger partial charge in [-0.25, -0.2) is 0 Å². The maximum absolute atomic E-state index is 8.52. The monoisotopic (exact) mass is 1090 g/mol. The maximum Gasteiger partial charge on any atom is 0.0701 e. The molecule has 0 fully saturated rings. The molecule has 4 aromatic rings. The smallest absolute Gasteiger partial charge is 0.0701 e. The molecule has 0 aliphatic rings. The molecule has 0 bridgehead atoms. The van der Waals surface area contributed by atoms with Crippen molar-refractivity contribution in [3.05, 3.63) is 151 Å². The molecule has 0 aliphatic heterocycles. The molecular weight excluding hydrogens is 991 g/mol. The van der Waals surface area contributed by atoms with E-state index < -0.39 is 11.2 Å². The number of hydrogen-bond donors (Lipinski definition) is 2. The normalized spacial score (nSPS) is 12.6. The Morgan fingerprint density at radius 1 is 0.365 bits per heavy atom. The molecule has 74 heavy (non-hydrogen) atoms. The van der Waals surface area contributed by atoms with E-state index in [1.54, 1.807) is 41.5 Å². The third-order valence-corrected chi connectivity index (χ3v) is 11.4. The van der Waals surface area contributed by atoms with Gasteiger partial charge in [-0.1, -0.05) is 232 Å². The van der Waals surface area contributed by atoms with Crippen molar-refractivity contribution < 1.29 is 44.4 Å². The van der Waals surface area contributed by atoms with Crippen molar-refractivity contribution in [2.45, 2.75) is 239 Å². The number of nitrogens with zero attached hydrogens (tertiary/aromatic N) is 4. The minimum atomic E-state index is -0.500. The van der Waals surface area contributed by atoms with Crippen LogP contribution in [-0.4, -0.2) is 32.8 Å². The molecule has 0 heterocycles. The molecular formula is C66H102Mn2N4O2-2. The van der Waals surface area contributed by atoms with Gasteiger partial charge < -0.3 is 20.8 Å². The molecule has 0 saturated carbocycles. The van der Waals surface area contributed by atoms with Crippen molar-refractivity contribution in [3.8, 4) is 0 Å². The Hall–Kier alpha value is -3.74.